The molecule has 2 heterocycles. The molecule has 2 aliphatic heterocycles. The molecular weight excluding hydrogens is 184 g/mol. The van der Waals surface area contributed by atoms with Crippen LogP contribution in [0.25, 0.3) is 0 Å². The summed E-state index contributed by atoms with van der Waals surface area (Å²) < 4.78 is 5.17. The van der Waals surface area contributed by atoms with Crippen LogP contribution < -0.4 is 5.73 Å². The zero-order chi connectivity index (χ0) is 9.10. The third kappa shape index (κ3) is 2.59. The summed E-state index contributed by atoms with van der Waals surface area (Å²) in [4.78, 5) is 2.54. The smallest absolute Gasteiger partial charge is 0.0528 e. The van der Waals surface area contributed by atoms with Gasteiger partial charge in [-0.15, -0.1) is 0 Å². The maximum Gasteiger partial charge on any atom is 0.0528 e. The van der Waals surface area contributed by atoms with Gasteiger partial charge in [-0.1, -0.05) is 0 Å². The molecule has 0 aromatic heterocycles. The van der Waals surface area contributed by atoms with Gasteiger partial charge in [0.15, 0.2) is 0 Å². The van der Waals surface area contributed by atoms with Crippen molar-refractivity contribution in [3.05, 3.63) is 0 Å². The zero-order valence-electron chi connectivity index (χ0n) is 7.95. The van der Waals surface area contributed by atoms with Crippen LogP contribution in [0.15, 0.2) is 0 Å². The first-order chi connectivity index (χ1) is 6.38. The molecule has 2 rings (SSSR count). The van der Waals surface area contributed by atoms with E-state index in [0.717, 1.165) is 25.7 Å². The van der Waals surface area contributed by atoms with Crippen molar-refractivity contribution < 1.29 is 4.74 Å². The summed E-state index contributed by atoms with van der Waals surface area (Å²) in [5.74, 6) is 2.04. The van der Waals surface area contributed by atoms with E-state index in [9.17, 15) is 0 Å². The second-order valence-corrected chi connectivity index (χ2v) is 5.30. The fourth-order valence-electron chi connectivity index (χ4n) is 1.84. The highest BCUT2D eigenvalue weighted by molar-refractivity contribution is 8.00. The van der Waals surface area contributed by atoms with E-state index in [4.69, 9.17) is 10.5 Å². The minimum atomic E-state index is 0.662. The predicted molar refractivity (Wildman–Crippen MR) is 56.0 cm³/mol. The third-order valence-corrected chi connectivity index (χ3v) is 3.94. The van der Waals surface area contributed by atoms with Gasteiger partial charge in [-0.2, -0.15) is 11.8 Å². The van der Waals surface area contributed by atoms with Crippen LogP contribution in [0.2, 0.25) is 0 Å². The maximum atomic E-state index is 5.67. The number of ether oxygens (including phenoxy) is 1. The lowest BCUT2D eigenvalue weighted by atomic mass is 10.1. The molecule has 0 aromatic carbocycles. The second kappa shape index (κ2) is 4.64. The van der Waals surface area contributed by atoms with Crippen LogP contribution >= 0.6 is 11.8 Å². The fourth-order valence-corrected chi connectivity index (χ4v) is 2.99. The van der Waals surface area contributed by atoms with Crippen LogP contribution in [0.3, 0.4) is 0 Å². The molecule has 2 fully saturated rings. The summed E-state index contributed by atoms with van der Waals surface area (Å²) in [5.41, 5.74) is 5.67. The second-order valence-electron chi connectivity index (χ2n) is 3.89. The number of rotatable bonds is 3. The predicted octanol–water partition coefficient (Wildman–Crippen LogP) is 0.00890. The molecule has 0 spiro atoms. The Morgan fingerprint density at radius 2 is 2.31 bits per heavy atom. The highest BCUT2D eigenvalue weighted by atomic mass is 32.2. The van der Waals surface area contributed by atoms with E-state index in [1.165, 1.54) is 25.4 Å². The zero-order valence-corrected chi connectivity index (χ0v) is 8.76. The van der Waals surface area contributed by atoms with Crippen LogP contribution in [-0.4, -0.2) is 55.3 Å². The van der Waals surface area contributed by atoms with Gasteiger partial charge in [0.1, 0.15) is 0 Å². The highest BCUT2D eigenvalue weighted by Gasteiger charge is 2.25. The molecule has 0 bridgehead atoms. The number of hydrogen-bond donors (Lipinski definition) is 1. The van der Waals surface area contributed by atoms with Gasteiger partial charge in [0.2, 0.25) is 0 Å². The number of hydrogen-bond acceptors (Lipinski definition) is 4. The maximum absolute atomic E-state index is 5.67. The summed E-state index contributed by atoms with van der Waals surface area (Å²) >= 11 is 2.02. The molecule has 0 aliphatic carbocycles. The van der Waals surface area contributed by atoms with Gasteiger partial charge in [0, 0.05) is 43.1 Å². The third-order valence-electron chi connectivity index (χ3n) is 2.71. The number of thioether (sulfide) groups is 1. The summed E-state index contributed by atoms with van der Waals surface area (Å²) in [6.07, 6.45) is 0. The highest BCUT2D eigenvalue weighted by Crippen LogP contribution is 2.20. The normalized spacial score (nSPS) is 31.6. The molecule has 13 heavy (non-hydrogen) atoms. The molecule has 2 N–H and O–H groups in total. The summed E-state index contributed by atoms with van der Waals surface area (Å²) in [6, 6.07) is 0. The molecule has 0 aromatic rings. The first-order valence-electron chi connectivity index (χ1n) is 5.00. The fraction of sp³-hybridized carbons (Fsp3) is 1.00. The minimum Gasteiger partial charge on any atom is -0.381 e. The van der Waals surface area contributed by atoms with Gasteiger partial charge in [0.05, 0.1) is 13.2 Å². The van der Waals surface area contributed by atoms with Crippen LogP contribution in [0.4, 0.5) is 0 Å². The van der Waals surface area contributed by atoms with Crippen LogP contribution in [-0.2, 0) is 4.74 Å². The topological polar surface area (TPSA) is 38.5 Å². The molecule has 0 saturated carbocycles. The van der Waals surface area contributed by atoms with E-state index in [2.05, 4.69) is 4.90 Å². The average Bonchev–Trinajstić information content (AvgIpc) is 2.12. The van der Waals surface area contributed by atoms with Crippen LogP contribution in [0.1, 0.15) is 0 Å². The van der Waals surface area contributed by atoms with Crippen molar-refractivity contribution in [3.63, 3.8) is 0 Å². The first kappa shape index (κ1) is 9.77. The molecule has 3 nitrogen and oxygen atoms in total. The van der Waals surface area contributed by atoms with Crippen LogP contribution in [0.5, 0.6) is 0 Å². The Hall–Kier alpha value is 0.230. The van der Waals surface area contributed by atoms with E-state index >= 15 is 0 Å². The van der Waals surface area contributed by atoms with Gasteiger partial charge >= 0.3 is 0 Å². The van der Waals surface area contributed by atoms with Crippen LogP contribution in [0, 0.1) is 5.92 Å². The van der Waals surface area contributed by atoms with E-state index in [-0.39, 0.29) is 0 Å². The quantitative estimate of drug-likeness (QED) is 0.699. The molecular formula is C9H18N2OS. The van der Waals surface area contributed by atoms with Gasteiger partial charge in [-0.25, -0.2) is 0 Å². The first-order valence-corrected chi connectivity index (χ1v) is 6.05. The van der Waals surface area contributed by atoms with Gasteiger partial charge in [0.25, 0.3) is 0 Å². The molecule has 76 valence electrons. The van der Waals surface area contributed by atoms with E-state index < -0.39 is 0 Å². The number of nitrogens with two attached hydrogens (primary N) is 1. The Bertz CT molecular complexity index is 162. The summed E-state index contributed by atoms with van der Waals surface area (Å²) in [5, 5.41) is 0.662. The van der Waals surface area contributed by atoms with Crippen molar-refractivity contribution in [3.8, 4) is 0 Å². The van der Waals surface area contributed by atoms with Gasteiger partial charge in [-0.3, -0.25) is 0 Å². The SMILES string of the molecule is NCC1CN(CC2COC2)CCS1. The van der Waals surface area contributed by atoms with Crippen molar-refractivity contribution in [2.75, 3.05) is 45.1 Å². The lowest BCUT2D eigenvalue weighted by molar-refractivity contribution is -0.0460. The Morgan fingerprint density at radius 1 is 1.46 bits per heavy atom. The molecule has 2 saturated heterocycles. The lowest BCUT2D eigenvalue weighted by Crippen LogP contribution is -2.46. The Balaban J connectivity index is 1.71. The van der Waals surface area contributed by atoms with Crippen molar-refractivity contribution >= 4 is 11.8 Å². The van der Waals surface area contributed by atoms with Crippen molar-refractivity contribution in [1.82, 2.24) is 4.90 Å². The van der Waals surface area contributed by atoms with E-state index in [0.29, 0.717) is 5.25 Å². The average molecular weight is 202 g/mol. The molecule has 0 radical (unpaired) electrons. The molecule has 1 unspecified atom stereocenters. The lowest BCUT2D eigenvalue weighted by Gasteiger charge is -2.36. The van der Waals surface area contributed by atoms with Crippen molar-refractivity contribution in [1.29, 1.82) is 0 Å². The Morgan fingerprint density at radius 3 is 2.92 bits per heavy atom. The summed E-state index contributed by atoms with van der Waals surface area (Å²) in [7, 11) is 0. The molecule has 2 aliphatic rings. The standard InChI is InChI=1S/C9H18N2OS/c10-3-9-5-11(1-2-13-9)4-8-6-12-7-8/h8-9H,1-7,10H2. The Labute approximate surface area is 84.0 Å². The van der Waals surface area contributed by atoms with E-state index in [1.54, 1.807) is 0 Å². The largest absolute Gasteiger partial charge is 0.381 e. The van der Waals surface area contributed by atoms with Gasteiger partial charge < -0.3 is 15.4 Å². The van der Waals surface area contributed by atoms with E-state index in [1.807, 2.05) is 11.8 Å². The van der Waals surface area contributed by atoms with Gasteiger partial charge in [-0.05, 0) is 0 Å². The van der Waals surface area contributed by atoms with Crippen molar-refractivity contribution in [2.24, 2.45) is 11.7 Å². The molecule has 4 heteroatoms. The molecule has 0 amide bonds. The number of nitrogens with zero attached hydrogens (tertiary/aromatic N) is 1. The molecule has 1 atom stereocenters. The van der Waals surface area contributed by atoms with Crippen molar-refractivity contribution in [2.45, 2.75) is 5.25 Å². The monoisotopic (exact) mass is 202 g/mol. The minimum absolute atomic E-state index is 0.662. The Kier molecular flexibility index (Phi) is 3.49. The summed E-state index contributed by atoms with van der Waals surface area (Å²) in [6.45, 7) is 6.39.